The first-order valence-corrected chi connectivity index (χ1v) is 8.00. The van der Waals surface area contributed by atoms with Gasteiger partial charge in [0.2, 0.25) is 0 Å². The standard InChI is InChI=1S/C17H28N2O2/c1-5-20-14-7-8-17(21-6-2)16(11-14)19-10-9-15(18)12(3)13(19)4/h7-8,11-13,15H,5-6,9-10,18H2,1-4H3. The summed E-state index contributed by atoms with van der Waals surface area (Å²) in [6.45, 7) is 10.8. The van der Waals surface area contributed by atoms with Crippen LogP contribution in [0.2, 0.25) is 0 Å². The summed E-state index contributed by atoms with van der Waals surface area (Å²) in [6, 6.07) is 6.75. The molecule has 1 aliphatic heterocycles. The zero-order chi connectivity index (χ0) is 15.4. The van der Waals surface area contributed by atoms with Crippen LogP contribution in [0.15, 0.2) is 18.2 Å². The van der Waals surface area contributed by atoms with Crippen LogP contribution in [0.4, 0.5) is 5.69 Å². The predicted octanol–water partition coefficient (Wildman–Crippen LogP) is 3.05. The first-order chi connectivity index (χ1) is 10.1. The third kappa shape index (κ3) is 3.43. The summed E-state index contributed by atoms with van der Waals surface area (Å²) in [4.78, 5) is 2.40. The van der Waals surface area contributed by atoms with Gasteiger partial charge < -0.3 is 20.1 Å². The molecule has 1 aliphatic rings. The summed E-state index contributed by atoms with van der Waals surface area (Å²) >= 11 is 0. The van der Waals surface area contributed by atoms with Crippen molar-refractivity contribution in [2.24, 2.45) is 11.7 Å². The van der Waals surface area contributed by atoms with Crippen molar-refractivity contribution in [3.8, 4) is 11.5 Å². The van der Waals surface area contributed by atoms with Crippen LogP contribution in [0.25, 0.3) is 0 Å². The summed E-state index contributed by atoms with van der Waals surface area (Å²) in [7, 11) is 0. The fraction of sp³-hybridized carbons (Fsp3) is 0.647. The van der Waals surface area contributed by atoms with Crippen molar-refractivity contribution in [3.63, 3.8) is 0 Å². The first-order valence-electron chi connectivity index (χ1n) is 8.00. The molecular weight excluding hydrogens is 264 g/mol. The number of rotatable bonds is 5. The monoisotopic (exact) mass is 292 g/mol. The number of anilines is 1. The highest BCUT2D eigenvalue weighted by atomic mass is 16.5. The molecule has 2 N–H and O–H groups in total. The maximum absolute atomic E-state index is 6.20. The lowest BCUT2D eigenvalue weighted by Gasteiger charge is -2.43. The average molecular weight is 292 g/mol. The highest BCUT2D eigenvalue weighted by molar-refractivity contribution is 5.62. The summed E-state index contributed by atoms with van der Waals surface area (Å²) < 4.78 is 11.5. The van der Waals surface area contributed by atoms with E-state index in [1.807, 2.05) is 26.0 Å². The van der Waals surface area contributed by atoms with Gasteiger partial charge in [-0.2, -0.15) is 0 Å². The Morgan fingerprint density at radius 3 is 2.57 bits per heavy atom. The molecule has 3 unspecified atom stereocenters. The summed E-state index contributed by atoms with van der Waals surface area (Å²) in [5, 5.41) is 0. The average Bonchev–Trinajstić information content (AvgIpc) is 2.47. The van der Waals surface area contributed by atoms with Crippen LogP contribution in [0.1, 0.15) is 34.1 Å². The number of nitrogens with zero attached hydrogens (tertiary/aromatic N) is 1. The van der Waals surface area contributed by atoms with Crippen LogP contribution in [-0.4, -0.2) is 31.8 Å². The zero-order valence-electron chi connectivity index (χ0n) is 13.6. The van der Waals surface area contributed by atoms with Crippen molar-refractivity contribution in [2.75, 3.05) is 24.7 Å². The highest BCUT2D eigenvalue weighted by Gasteiger charge is 2.31. The van der Waals surface area contributed by atoms with Crippen LogP contribution in [0.5, 0.6) is 11.5 Å². The van der Waals surface area contributed by atoms with Gasteiger partial charge in [0.1, 0.15) is 11.5 Å². The van der Waals surface area contributed by atoms with E-state index in [-0.39, 0.29) is 6.04 Å². The fourth-order valence-corrected chi connectivity index (χ4v) is 2.99. The summed E-state index contributed by atoms with van der Waals surface area (Å²) in [5.41, 5.74) is 7.32. The van der Waals surface area contributed by atoms with E-state index in [0.717, 1.165) is 30.2 Å². The minimum absolute atomic E-state index is 0.280. The van der Waals surface area contributed by atoms with Gasteiger partial charge >= 0.3 is 0 Å². The molecule has 118 valence electrons. The molecule has 0 saturated carbocycles. The van der Waals surface area contributed by atoms with Gasteiger partial charge in [0, 0.05) is 24.7 Å². The maximum Gasteiger partial charge on any atom is 0.142 e. The first kappa shape index (κ1) is 16.0. The molecule has 4 nitrogen and oxygen atoms in total. The molecule has 1 saturated heterocycles. The van der Waals surface area contributed by atoms with Gasteiger partial charge in [-0.05, 0) is 45.2 Å². The number of hydrogen-bond acceptors (Lipinski definition) is 4. The van der Waals surface area contributed by atoms with Gasteiger partial charge in [0.05, 0.1) is 18.9 Å². The van der Waals surface area contributed by atoms with Crippen molar-refractivity contribution in [1.82, 2.24) is 0 Å². The Morgan fingerprint density at radius 2 is 1.90 bits per heavy atom. The molecule has 0 amide bonds. The lowest BCUT2D eigenvalue weighted by atomic mass is 9.87. The van der Waals surface area contributed by atoms with E-state index in [0.29, 0.717) is 25.2 Å². The number of ether oxygens (including phenoxy) is 2. The van der Waals surface area contributed by atoms with Crippen molar-refractivity contribution in [3.05, 3.63) is 18.2 Å². The molecule has 4 heteroatoms. The molecule has 2 rings (SSSR count). The molecular formula is C17H28N2O2. The number of hydrogen-bond donors (Lipinski definition) is 1. The summed E-state index contributed by atoms with van der Waals surface area (Å²) in [5.74, 6) is 2.28. The van der Waals surface area contributed by atoms with E-state index < -0.39 is 0 Å². The Balaban J connectivity index is 2.32. The molecule has 3 atom stereocenters. The topological polar surface area (TPSA) is 47.7 Å². The van der Waals surface area contributed by atoms with Crippen molar-refractivity contribution in [1.29, 1.82) is 0 Å². The predicted molar refractivity (Wildman–Crippen MR) is 87.3 cm³/mol. The molecule has 0 bridgehead atoms. The Labute approximate surface area is 128 Å². The van der Waals surface area contributed by atoms with Gasteiger partial charge in [0.25, 0.3) is 0 Å². The van der Waals surface area contributed by atoms with Crippen LogP contribution in [0.3, 0.4) is 0 Å². The fourth-order valence-electron chi connectivity index (χ4n) is 2.99. The number of piperidine rings is 1. The number of benzene rings is 1. The molecule has 0 aromatic heterocycles. The minimum atomic E-state index is 0.280. The third-order valence-electron chi connectivity index (χ3n) is 4.48. The highest BCUT2D eigenvalue weighted by Crippen LogP contribution is 2.37. The molecule has 1 heterocycles. The lowest BCUT2D eigenvalue weighted by molar-refractivity contribution is 0.304. The lowest BCUT2D eigenvalue weighted by Crippen LogP contribution is -2.52. The molecule has 1 aromatic carbocycles. The Kier molecular flexibility index (Phi) is 5.34. The molecule has 1 aromatic rings. The van der Waals surface area contributed by atoms with Gasteiger partial charge in [-0.3, -0.25) is 0 Å². The minimum Gasteiger partial charge on any atom is -0.494 e. The number of nitrogens with two attached hydrogens (primary N) is 1. The Bertz CT molecular complexity index is 464. The zero-order valence-corrected chi connectivity index (χ0v) is 13.6. The van der Waals surface area contributed by atoms with Gasteiger partial charge in [0.15, 0.2) is 0 Å². The Morgan fingerprint density at radius 1 is 1.19 bits per heavy atom. The van der Waals surface area contributed by atoms with Crippen LogP contribution >= 0.6 is 0 Å². The second-order valence-corrected chi connectivity index (χ2v) is 5.74. The second-order valence-electron chi connectivity index (χ2n) is 5.74. The van der Waals surface area contributed by atoms with Crippen molar-refractivity contribution < 1.29 is 9.47 Å². The molecule has 0 spiro atoms. The van der Waals surface area contributed by atoms with Gasteiger partial charge in [-0.15, -0.1) is 0 Å². The molecule has 0 radical (unpaired) electrons. The van der Waals surface area contributed by atoms with Crippen molar-refractivity contribution >= 4 is 5.69 Å². The third-order valence-corrected chi connectivity index (χ3v) is 4.48. The quantitative estimate of drug-likeness (QED) is 0.906. The van der Waals surface area contributed by atoms with Gasteiger partial charge in [-0.25, -0.2) is 0 Å². The van der Waals surface area contributed by atoms with E-state index >= 15 is 0 Å². The van der Waals surface area contributed by atoms with Crippen LogP contribution in [0, 0.1) is 5.92 Å². The van der Waals surface area contributed by atoms with E-state index in [1.54, 1.807) is 0 Å². The second kappa shape index (κ2) is 7.03. The Hall–Kier alpha value is -1.42. The van der Waals surface area contributed by atoms with E-state index in [9.17, 15) is 0 Å². The smallest absolute Gasteiger partial charge is 0.142 e. The van der Waals surface area contributed by atoms with E-state index in [4.69, 9.17) is 15.2 Å². The molecule has 21 heavy (non-hydrogen) atoms. The molecule has 1 fully saturated rings. The largest absolute Gasteiger partial charge is 0.494 e. The van der Waals surface area contributed by atoms with Crippen molar-refractivity contribution in [2.45, 2.75) is 46.2 Å². The van der Waals surface area contributed by atoms with E-state index in [1.165, 1.54) is 0 Å². The van der Waals surface area contributed by atoms with Crippen LogP contribution in [-0.2, 0) is 0 Å². The molecule has 0 aliphatic carbocycles. The normalized spacial score (nSPS) is 25.8. The summed E-state index contributed by atoms with van der Waals surface area (Å²) in [6.07, 6.45) is 1.01. The maximum atomic E-state index is 6.20. The van der Waals surface area contributed by atoms with Gasteiger partial charge in [-0.1, -0.05) is 6.92 Å². The SMILES string of the molecule is CCOc1ccc(OCC)c(N2CCC(N)C(C)C2C)c1. The van der Waals surface area contributed by atoms with E-state index in [2.05, 4.69) is 24.8 Å². The van der Waals surface area contributed by atoms with Crippen LogP contribution < -0.4 is 20.1 Å².